The van der Waals surface area contributed by atoms with Crippen molar-refractivity contribution in [2.24, 2.45) is 0 Å². The SMILES string of the molecule is OC(CNCCc1ccco1)COCC1CCCO1. The van der Waals surface area contributed by atoms with Crippen LogP contribution < -0.4 is 5.32 Å². The van der Waals surface area contributed by atoms with E-state index in [2.05, 4.69) is 5.32 Å². The number of nitrogens with one attached hydrogen (secondary N) is 1. The molecule has 1 fully saturated rings. The van der Waals surface area contributed by atoms with Crippen molar-refractivity contribution in [3.05, 3.63) is 24.2 Å². The fraction of sp³-hybridized carbons (Fsp3) is 0.714. The van der Waals surface area contributed by atoms with E-state index in [9.17, 15) is 5.11 Å². The standard InChI is InChI=1S/C14H23NO4/c16-12(10-17-11-14-4-2-8-19-14)9-15-6-5-13-3-1-7-18-13/h1,3,7,12,14-16H,2,4-6,8-11H2. The molecule has 19 heavy (non-hydrogen) atoms. The number of hydrogen-bond acceptors (Lipinski definition) is 5. The van der Waals surface area contributed by atoms with Gasteiger partial charge in [0.15, 0.2) is 0 Å². The molecule has 1 aromatic heterocycles. The third-order valence-corrected chi connectivity index (χ3v) is 3.15. The van der Waals surface area contributed by atoms with Gasteiger partial charge in [0.1, 0.15) is 5.76 Å². The average molecular weight is 269 g/mol. The summed E-state index contributed by atoms with van der Waals surface area (Å²) in [5.74, 6) is 0.955. The molecule has 2 rings (SSSR count). The van der Waals surface area contributed by atoms with E-state index in [1.54, 1.807) is 6.26 Å². The fourth-order valence-electron chi connectivity index (χ4n) is 2.11. The Hall–Kier alpha value is -0.880. The maximum atomic E-state index is 9.73. The smallest absolute Gasteiger partial charge is 0.105 e. The molecule has 5 nitrogen and oxygen atoms in total. The Morgan fingerprint density at radius 3 is 3.21 bits per heavy atom. The molecule has 5 heteroatoms. The van der Waals surface area contributed by atoms with Crippen molar-refractivity contribution in [3.8, 4) is 0 Å². The van der Waals surface area contributed by atoms with Gasteiger partial charge >= 0.3 is 0 Å². The first-order valence-electron chi connectivity index (χ1n) is 6.95. The lowest BCUT2D eigenvalue weighted by atomic mass is 10.2. The van der Waals surface area contributed by atoms with Gasteiger partial charge in [0.05, 0.1) is 31.7 Å². The maximum Gasteiger partial charge on any atom is 0.105 e. The molecular formula is C14H23NO4. The largest absolute Gasteiger partial charge is 0.469 e. The van der Waals surface area contributed by atoms with Crippen molar-refractivity contribution in [1.82, 2.24) is 5.32 Å². The van der Waals surface area contributed by atoms with Crippen molar-refractivity contribution in [3.63, 3.8) is 0 Å². The van der Waals surface area contributed by atoms with Crippen LogP contribution in [0.1, 0.15) is 18.6 Å². The molecule has 2 atom stereocenters. The normalized spacial score (nSPS) is 20.8. The number of aliphatic hydroxyl groups is 1. The Morgan fingerprint density at radius 2 is 2.47 bits per heavy atom. The van der Waals surface area contributed by atoms with Crippen molar-refractivity contribution in [1.29, 1.82) is 0 Å². The average Bonchev–Trinajstić information content (AvgIpc) is 3.07. The van der Waals surface area contributed by atoms with Crippen molar-refractivity contribution in [2.75, 3.05) is 32.9 Å². The summed E-state index contributed by atoms with van der Waals surface area (Å²) in [6.07, 6.45) is 4.43. The van der Waals surface area contributed by atoms with Crippen LogP contribution in [0.2, 0.25) is 0 Å². The third kappa shape index (κ3) is 5.74. The molecule has 1 saturated heterocycles. The molecule has 0 bridgehead atoms. The highest BCUT2D eigenvalue weighted by atomic mass is 16.5. The van der Waals surface area contributed by atoms with E-state index < -0.39 is 6.10 Å². The zero-order valence-electron chi connectivity index (χ0n) is 11.2. The minimum Gasteiger partial charge on any atom is -0.469 e. The summed E-state index contributed by atoms with van der Waals surface area (Å²) >= 11 is 0. The van der Waals surface area contributed by atoms with E-state index in [0.717, 1.165) is 38.2 Å². The lowest BCUT2D eigenvalue weighted by Gasteiger charge is -2.14. The maximum absolute atomic E-state index is 9.73. The van der Waals surface area contributed by atoms with Crippen LogP contribution in [0.3, 0.4) is 0 Å². The predicted octanol–water partition coefficient (Wildman–Crippen LogP) is 0.968. The lowest BCUT2D eigenvalue weighted by Crippen LogP contribution is -2.32. The van der Waals surface area contributed by atoms with Crippen LogP contribution in [0.4, 0.5) is 0 Å². The van der Waals surface area contributed by atoms with Crippen LogP contribution in [0, 0.1) is 0 Å². The van der Waals surface area contributed by atoms with E-state index in [4.69, 9.17) is 13.9 Å². The van der Waals surface area contributed by atoms with E-state index in [1.807, 2.05) is 12.1 Å². The van der Waals surface area contributed by atoms with Crippen molar-refractivity contribution >= 4 is 0 Å². The summed E-state index contributed by atoms with van der Waals surface area (Å²) in [6.45, 7) is 3.10. The highest BCUT2D eigenvalue weighted by Crippen LogP contribution is 2.11. The number of ether oxygens (including phenoxy) is 2. The number of furan rings is 1. The van der Waals surface area contributed by atoms with Crippen LogP contribution in [0.5, 0.6) is 0 Å². The van der Waals surface area contributed by atoms with Crippen molar-refractivity contribution < 1.29 is 19.0 Å². The molecule has 0 saturated carbocycles. The highest BCUT2D eigenvalue weighted by molar-refractivity contribution is 4.98. The first-order valence-corrected chi connectivity index (χ1v) is 6.95. The molecule has 2 unspecified atom stereocenters. The van der Waals surface area contributed by atoms with Gasteiger partial charge in [-0.2, -0.15) is 0 Å². The third-order valence-electron chi connectivity index (χ3n) is 3.15. The Labute approximate surface area is 113 Å². The van der Waals surface area contributed by atoms with E-state index in [-0.39, 0.29) is 6.10 Å². The first-order chi connectivity index (χ1) is 9.34. The molecule has 2 N–H and O–H groups in total. The molecule has 0 aromatic carbocycles. The first kappa shape index (κ1) is 14.5. The number of rotatable bonds is 9. The minimum atomic E-state index is -0.474. The molecule has 0 amide bonds. The van der Waals surface area contributed by atoms with Gasteiger partial charge in [-0.05, 0) is 25.0 Å². The van der Waals surface area contributed by atoms with Crippen LogP contribution in [0.25, 0.3) is 0 Å². The number of aliphatic hydroxyl groups excluding tert-OH is 1. The van der Waals surface area contributed by atoms with Gasteiger partial charge in [-0.3, -0.25) is 0 Å². The lowest BCUT2D eigenvalue weighted by molar-refractivity contribution is -0.0163. The number of hydrogen-bond donors (Lipinski definition) is 2. The van der Waals surface area contributed by atoms with Gasteiger partial charge in [-0.1, -0.05) is 0 Å². The van der Waals surface area contributed by atoms with Gasteiger partial charge in [-0.25, -0.2) is 0 Å². The molecule has 1 aliphatic rings. The molecule has 1 aromatic rings. The van der Waals surface area contributed by atoms with Crippen LogP contribution in [-0.4, -0.2) is 50.2 Å². The van der Waals surface area contributed by atoms with Gasteiger partial charge in [0.2, 0.25) is 0 Å². The van der Waals surface area contributed by atoms with Crippen LogP contribution >= 0.6 is 0 Å². The summed E-state index contributed by atoms with van der Waals surface area (Å²) in [7, 11) is 0. The van der Waals surface area contributed by atoms with Crippen LogP contribution in [0.15, 0.2) is 22.8 Å². The van der Waals surface area contributed by atoms with Crippen molar-refractivity contribution in [2.45, 2.75) is 31.5 Å². The second-order valence-corrected chi connectivity index (χ2v) is 4.86. The molecule has 108 valence electrons. The zero-order chi connectivity index (χ0) is 13.3. The second-order valence-electron chi connectivity index (χ2n) is 4.86. The summed E-state index contributed by atoms with van der Waals surface area (Å²) < 4.78 is 16.1. The minimum absolute atomic E-state index is 0.221. The molecule has 0 aliphatic carbocycles. The quantitative estimate of drug-likeness (QED) is 0.654. The Bertz CT molecular complexity index is 322. The highest BCUT2D eigenvalue weighted by Gasteiger charge is 2.15. The van der Waals surface area contributed by atoms with Gasteiger partial charge in [-0.15, -0.1) is 0 Å². The van der Waals surface area contributed by atoms with Crippen LogP contribution in [-0.2, 0) is 15.9 Å². The van der Waals surface area contributed by atoms with Gasteiger partial charge in [0.25, 0.3) is 0 Å². The Morgan fingerprint density at radius 1 is 1.53 bits per heavy atom. The molecule has 0 radical (unpaired) electrons. The summed E-state index contributed by atoms with van der Waals surface area (Å²) in [6, 6.07) is 3.83. The fourth-order valence-corrected chi connectivity index (χ4v) is 2.11. The predicted molar refractivity (Wildman–Crippen MR) is 71.1 cm³/mol. The summed E-state index contributed by atoms with van der Waals surface area (Å²) in [4.78, 5) is 0. The van der Waals surface area contributed by atoms with E-state index >= 15 is 0 Å². The van der Waals surface area contributed by atoms with E-state index in [1.165, 1.54) is 0 Å². The van der Waals surface area contributed by atoms with E-state index in [0.29, 0.717) is 19.8 Å². The second kappa shape index (κ2) is 8.32. The molecular weight excluding hydrogens is 246 g/mol. The molecule has 1 aliphatic heterocycles. The summed E-state index contributed by atoms with van der Waals surface area (Å²) in [5.41, 5.74) is 0. The molecule has 2 heterocycles. The monoisotopic (exact) mass is 269 g/mol. The Balaban J connectivity index is 1.44. The molecule has 0 spiro atoms. The van der Waals surface area contributed by atoms with Gasteiger partial charge in [0, 0.05) is 26.1 Å². The summed E-state index contributed by atoms with van der Waals surface area (Å²) in [5, 5.41) is 12.9. The van der Waals surface area contributed by atoms with Gasteiger partial charge < -0.3 is 24.3 Å². The Kier molecular flexibility index (Phi) is 6.36. The topological polar surface area (TPSA) is 63.9 Å². The zero-order valence-corrected chi connectivity index (χ0v) is 11.2.